The van der Waals surface area contributed by atoms with Gasteiger partial charge in [0.2, 0.25) is 0 Å². The highest BCUT2D eigenvalue weighted by Crippen LogP contribution is 2.17. The third-order valence-corrected chi connectivity index (χ3v) is 2.69. The van der Waals surface area contributed by atoms with Gasteiger partial charge in [0.15, 0.2) is 0 Å². The Labute approximate surface area is 95.9 Å². The van der Waals surface area contributed by atoms with Crippen molar-refractivity contribution in [3.05, 3.63) is 48.3 Å². The fraction of sp³-hybridized carbons (Fsp3) is 0.308. The summed E-state index contributed by atoms with van der Waals surface area (Å²) in [6.07, 6.45) is 1.95. The highest BCUT2D eigenvalue weighted by Gasteiger charge is 2.13. The first kappa shape index (κ1) is 10.9. The molecule has 0 aliphatic rings. The normalized spacial score (nSPS) is 13.0. The molecule has 16 heavy (non-hydrogen) atoms. The Kier molecular flexibility index (Phi) is 3.06. The van der Waals surface area contributed by atoms with Gasteiger partial charge in [-0.2, -0.15) is 5.10 Å². The molecule has 0 aliphatic heterocycles. The van der Waals surface area contributed by atoms with E-state index in [1.165, 1.54) is 0 Å². The van der Waals surface area contributed by atoms with Crippen LogP contribution in [-0.4, -0.2) is 9.78 Å². The van der Waals surface area contributed by atoms with Crippen molar-refractivity contribution in [2.75, 3.05) is 0 Å². The molecule has 0 amide bonds. The third-order valence-electron chi connectivity index (χ3n) is 2.69. The summed E-state index contributed by atoms with van der Waals surface area (Å²) in [7, 11) is 0. The van der Waals surface area contributed by atoms with Crippen molar-refractivity contribution >= 4 is 0 Å². The van der Waals surface area contributed by atoms with Crippen molar-refractivity contribution in [3.8, 4) is 5.69 Å². The molecule has 0 saturated heterocycles. The van der Waals surface area contributed by atoms with Crippen LogP contribution in [0.3, 0.4) is 0 Å². The molecule has 0 saturated carbocycles. The summed E-state index contributed by atoms with van der Waals surface area (Å²) in [6, 6.07) is 12.0. The first-order valence-corrected chi connectivity index (χ1v) is 5.55. The van der Waals surface area contributed by atoms with E-state index in [1.807, 2.05) is 47.3 Å². The van der Waals surface area contributed by atoms with E-state index in [1.54, 1.807) is 0 Å². The quantitative estimate of drug-likeness (QED) is 0.855. The van der Waals surface area contributed by atoms with Crippen LogP contribution >= 0.6 is 0 Å². The topological polar surface area (TPSA) is 43.8 Å². The van der Waals surface area contributed by atoms with Gasteiger partial charge in [-0.05, 0) is 24.1 Å². The van der Waals surface area contributed by atoms with Crippen molar-refractivity contribution < 1.29 is 0 Å². The zero-order chi connectivity index (χ0) is 11.5. The molecule has 2 aromatic rings. The van der Waals surface area contributed by atoms with Crippen LogP contribution in [-0.2, 0) is 0 Å². The minimum Gasteiger partial charge on any atom is -0.322 e. The molecule has 0 fully saturated rings. The van der Waals surface area contributed by atoms with Gasteiger partial charge in [-0.25, -0.2) is 4.68 Å². The largest absolute Gasteiger partial charge is 0.322 e. The molecule has 1 atom stereocenters. The maximum atomic E-state index is 6.05. The van der Waals surface area contributed by atoms with Crippen molar-refractivity contribution in [3.63, 3.8) is 0 Å². The van der Waals surface area contributed by atoms with Gasteiger partial charge in [0, 0.05) is 6.20 Å². The molecule has 1 heterocycles. The monoisotopic (exact) mass is 215 g/mol. The van der Waals surface area contributed by atoms with Crippen LogP contribution in [0.25, 0.3) is 5.69 Å². The fourth-order valence-electron chi connectivity index (χ4n) is 1.58. The molecule has 1 unspecified atom stereocenters. The van der Waals surface area contributed by atoms with E-state index >= 15 is 0 Å². The summed E-state index contributed by atoms with van der Waals surface area (Å²) in [4.78, 5) is 0. The summed E-state index contributed by atoms with van der Waals surface area (Å²) in [5, 5.41) is 4.49. The summed E-state index contributed by atoms with van der Waals surface area (Å²) < 4.78 is 1.86. The summed E-state index contributed by atoms with van der Waals surface area (Å²) in [6.45, 7) is 4.21. The second kappa shape index (κ2) is 4.49. The van der Waals surface area contributed by atoms with Gasteiger partial charge < -0.3 is 5.73 Å². The predicted molar refractivity (Wildman–Crippen MR) is 65.3 cm³/mol. The smallest absolute Gasteiger partial charge is 0.0798 e. The maximum absolute atomic E-state index is 6.05. The lowest BCUT2D eigenvalue weighted by Crippen LogP contribution is -2.17. The third kappa shape index (κ3) is 2.14. The Morgan fingerprint density at radius 1 is 1.12 bits per heavy atom. The molecule has 0 aliphatic carbocycles. The molecular formula is C13H17N3. The molecule has 3 heteroatoms. The highest BCUT2D eigenvalue weighted by atomic mass is 15.3. The predicted octanol–water partition coefficient (Wildman–Crippen LogP) is 2.53. The van der Waals surface area contributed by atoms with Crippen molar-refractivity contribution in [2.24, 2.45) is 11.7 Å². The molecular weight excluding hydrogens is 198 g/mol. The average Bonchev–Trinajstić information content (AvgIpc) is 2.78. The fourth-order valence-corrected chi connectivity index (χ4v) is 1.58. The molecule has 0 radical (unpaired) electrons. The van der Waals surface area contributed by atoms with Crippen LogP contribution < -0.4 is 5.73 Å². The minimum absolute atomic E-state index is 0.00459. The first-order chi connectivity index (χ1) is 7.68. The molecule has 3 nitrogen and oxygen atoms in total. The zero-order valence-electron chi connectivity index (χ0n) is 9.67. The molecule has 0 bridgehead atoms. The summed E-state index contributed by atoms with van der Waals surface area (Å²) >= 11 is 0. The van der Waals surface area contributed by atoms with Gasteiger partial charge in [-0.15, -0.1) is 0 Å². The van der Waals surface area contributed by atoms with E-state index in [9.17, 15) is 0 Å². The first-order valence-electron chi connectivity index (χ1n) is 5.55. The molecule has 1 aromatic heterocycles. The van der Waals surface area contributed by atoms with Gasteiger partial charge in [0.25, 0.3) is 0 Å². The van der Waals surface area contributed by atoms with Gasteiger partial charge in [-0.3, -0.25) is 0 Å². The zero-order valence-corrected chi connectivity index (χ0v) is 9.67. The summed E-state index contributed by atoms with van der Waals surface area (Å²) in [5.74, 6) is 0.402. The Morgan fingerprint density at radius 2 is 1.81 bits per heavy atom. The standard InChI is InChI=1S/C13H17N3/c1-10(2)13(14)12-8-9-16(15-12)11-6-4-3-5-7-11/h3-10,13H,14H2,1-2H3. The second-order valence-electron chi connectivity index (χ2n) is 4.29. The molecule has 2 N–H and O–H groups in total. The second-order valence-corrected chi connectivity index (χ2v) is 4.29. The number of nitrogens with two attached hydrogens (primary N) is 1. The van der Waals surface area contributed by atoms with Gasteiger partial charge in [0.1, 0.15) is 0 Å². The molecule has 1 aromatic carbocycles. The lowest BCUT2D eigenvalue weighted by Gasteiger charge is -2.12. The van der Waals surface area contributed by atoms with Crippen molar-refractivity contribution in [1.29, 1.82) is 0 Å². The number of para-hydroxylation sites is 1. The van der Waals surface area contributed by atoms with Crippen LogP contribution in [0.15, 0.2) is 42.6 Å². The molecule has 2 rings (SSSR count). The minimum atomic E-state index is 0.00459. The number of hydrogen-bond donors (Lipinski definition) is 1. The number of benzene rings is 1. The van der Waals surface area contributed by atoms with Crippen LogP contribution in [0.1, 0.15) is 25.6 Å². The number of rotatable bonds is 3. The van der Waals surface area contributed by atoms with E-state index in [2.05, 4.69) is 18.9 Å². The van der Waals surface area contributed by atoms with E-state index in [0.29, 0.717) is 5.92 Å². The van der Waals surface area contributed by atoms with Crippen LogP contribution in [0.5, 0.6) is 0 Å². The molecule has 84 valence electrons. The Morgan fingerprint density at radius 3 is 2.44 bits per heavy atom. The van der Waals surface area contributed by atoms with E-state index in [-0.39, 0.29) is 6.04 Å². The highest BCUT2D eigenvalue weighted by molar-refractivity contribution is 5.30. The Bertz CT molecular complexity index is 445. The van der Waals surface area contributed by atoms with E-state index in [0.717, 1.165) is 11.4 Å². The Balaban J connectivity index is 2.27. The van der Waals surface area contributed by atoms with E-state index in [4.69, 9.17) is 5.73 Å². The lowest BCUT2D eigenvalue weighted by molar-refractivity contribution is 0.499. The maximum Gasteiger partial charge on any atom is 0.0798 e. The van der Waals surface area contributed by atoms with Crippen LogP contribution in [0.4, 0.5) is 0 Å². The average molecular weight is 215 g/mol. The number of nitrogens with zero attached hydrogens (tertiary/aromatic N) is 2. The number of aromatic nitrogens is 2. The number of hydrogen-bond acceptors (Lipinski definition) is 2. The van der Waals surface area contributed by atoms with Gasteiger partial charge >= 0.3 is 0 Å². The van der Waals surface area contributed by atoms with Crippen molar-refractivity contribution in [2.45, 2.75) is 19.9 Å². The van der Waals surface area contributed by atoms with Crippen LogP contribution in [0.2, 0.25) is 0 Å². The van der Waals surface area contributed by atoms with Crippen LogP contribution in [0, 0.1) is 5.92 Å². The van der Waals surface area contributed by atoms with Gasteiger partial charge in [0.05, 0.1) is 17.4 Å². The van der Waals surface area contributed by atoms with Gasteiger partial charge in [-0.1, -0.05) is 32.0 Å². The molecule has 0 spiro atoms. The summed E-state index contributed by atoms with van der Waals surface area (Å²) in [5.41, 5.74) is 8.06. The lowest BCUT2D eigenvalue weighted by atomic mass is 10.0. The van der Waals surface area contributed by atoms with Crippen molar-refractivity contribution in [1.82, 2.24) is 9.78 Å². The SMILES string of the molecule is CC(C)C(N)c1ccn(-c2ccccc2)n1. The Hall–Kier alpha value is -1.61. The van der Waals surface area contributed by atoms with E-state index < -0.39 is 0 Å².